The molecule has 9 heteroatoms. The number of nitrogens with zero attached hydrogens (tertiary/aromatic N) is 1. The number of hydrogen-bond acceptors (Lipinski definition) is 5. The normalized spacial score (nSPS) is 24.2. The number of imide groups is 1. The van der Waals surface area contributed by atoms with Crippen molar-refractivity contribution in [2.45, 2.75) is 38.1 Å². The Hall–Kier alpha value is -3.10. The van der Waals surface area contributed by atoms with Gasteiger partial charge in [-0.05, 0) is 43.0 Å². The van der Waals surface area contributed by atoms with Crippen molar-refractivity contribution < 1.29 is 23.9 Å². The maximum atomic E-state index is 12.9. The summed E-state index contributed by atoms with van der Waals surface area (Å²) in [4.78, 5) is 49.2. The molecule has 28 heavy (non-hydrogen) atoms. The first-order chi connectivity index (χ1) is 13.3. The number of urea groups is 1. The van der Waals surface area contributed by atoms with E-state index in [0.717, 1.165) is 24.2 Å². The SMILES string of the molecule is CC1CCCCC12NC(=O)N(CC(=O)Nc1ccc(OCC(N)=O)cc1)C2=O. The second kappa shape index (κ2) is 7.87. The molecular weight excluding hydrogens is 364 g/mol. The quantitative estimate of drug-likeness (QED) is 0.626. The highest BCUT2D eigenvalue weighted by atomic mass is 16.5. The van der Waals surface area contributed by atoms with E-state index in [-0.39, 0.29) is 25.0 Å². The summed E-state index contributed by atoms with van der Waals surface area (Å²) in [7, 11) is 0. The Kier molecular flexibility index (Phi) is 5.53. The average Bonchev–Trinajstić information content (AvgIpc) is 2.88. The second-order valence-corrected chi connectivity index (χ2v) is 7.27. The van der Waals surface area contributed by atoms with Crippen molar-refractivity contribution in [3.8, 4) is 5.75 Å². The molecule has 1 heterocycles. The van der Waals surface area contributed by atoms with Gasteiger partial charge in [0, 0.05) is 5.69 Å². The number of amides is 5. The van der Waals surface area contributed by atoms with Crippen molar-refractivity contribution in [3.63, 3.8) is 0 Å². The Labute approximate surface area is 162 Å². The predicted molar refractivity (Wildman–Crippen MR) is 100 cm³/mol. The number of carbonyl (C=O) groups excluding carboxylic acids is 4. The van der Waals surface area contributed by atoms with Gasteiger partial charge in [-0.1, -0.05) is 19.8 Å². The molecule has 0 radical (unpaired) electrons. The molecule has 1 saturated heterocycles. The number of rotatable bonds is 6. The van der Waals surface area contributed by atoms with Gasteiger partial charge in [0.05, 0.1) is 0 Å². The fourth-order valence-corrected chi connectivity index (χ4v) is 3.77. The second-order valence-electron chi connectivity index (χ2n) is 7.27. The van der Waals surface area contributed by atoms with Crippen molar-refractivity contribution in [1.82, 2.24) is 10.2 Å². The molecule has 3 rings (SSSR count). The molecule has 0 bridgehead atoms. The summed E-state index contributed by atoms with van der Waals surface area (Å²) < 4.78 is 5.14. The lowest BCUT2D eigenvalue weighted by molar-refractivity contribution is -0.136. The van der Waals surface area contributed by atoms with Crippen LogP contribution in [0.3, 0.4) is 0 Å². The molecule has 0 aromatic heterocycles. The zero-order valence-corrected chi connectivity index (χ0v) is 15.7. The van der Waals surface area contributed by atoms with Crippen LogP contribution in [0.4, 0.5) is 10.5 Å². The maximum Gasteiger partial charge on any atom is 0.325 e. The highest BCUT2D eigenvalue weighted by molar-refractivity contribution is 6.10. The van der Waals surface area contributed by atoms with Crippen molar-refractivity contribution in [2.24, 2.45) is 11.7 Å². The number of benzene rings is 1. The lowest BCUT2D eigenvalue weighted by Crippen LogP contribution is -2.54. The van der Waals surface area contributed by atoms with E-state index in [1.165, 1.54) is 0 Å². The summed E-state index contributed by atoms with van der Waals surface area (Å²) in [5.74, 6) is -0.918. The minimum Gasteiger partial charge on any atom is -0.484 e. The first-order valence-electron chi connectivity index (χ1n) is 9.27. The van der Waals surface area contributed by atoms with Crippen LogP contribution in [0.1, 0.15) is 32.6 Å². The van der Waals surface area contributed by atoms with Crippen molar-refractivity contribution in [2.75, 3.05) is 18.5 Å². The average molecular weight is 388 g/mol. The van der Waals surface area contributed by atoms with E-state index in [9.17, 15) is 19.2 Å². The van der Waals surface area contributed by atoms with Crippen molar-refractivity contribution in [1.29, 1.82) is 0 Å². The highest BCUT2D eigenvalue weighted by Gasteiger charge is 2.55. The van der Waals surface area contributed by atoms with Gasteiger partial charge in [-0.15, -0.1) is 0 Å². The summed E-state index contributed by atoms with van der Waals surface area (Å²) >= 11 is 0. The predicted octanol–water partition coefficient (Wildman–Crippen LogP) is 0.990. The summed E-state index contributed by atoms with van der Waals surface area (Å²) in [5.41, 5.74) is 4.61. The number of ether oxygens (including phenoxy) is 1. The van der Waals surface area contributed by atoms with Crippen molar-refractivity contribution in [3.05, 3.63) is 24.3 Å². The van der Waals surface area contributed by atoms with Crippen LogP contribution in [-0.4, -0.2) is 47.3 Å². The van der Waals surface area contributed by atoms with Crippen molar-refractivity contribution >= 4 is 29.4 Å². The van der Waals surface area contributed by atoms with Gasteiger partial charge in [-0.3, -0.25) is 19.3 Å². The largest absolute Gasteiger partial charge is 0.484 e. The van der Waals surface area contributed by atoms with Gasteiger partial charge >= 0.3 is 6.03 Å². The molecule has 150 valence electrons. The first kappa shape index (κ1) is 19.7. The van der Waals surface area contributed by atoms with Crippen LogP contribution in [0.2, 0.25) is 0 Å². The molecular formula is C19H24N4O5. The molecule has 2 unspecified atom stereocenters. The first-order valence-corrected chi connectivity index (χ1v) is 9.27. The molecule has 1 aromatic rings. The van der Waals surface area contributed by atoms with E-state index in [1.807, 2.05) is 6.92 Å². The lowest BCUT2D eigenvalue weighted by atomic mass is 9.73. The van der Waals surface area contributed by atoms with Gasteiger partial charge in [0.25, 0.3) is 11.8 Å². The molecule has 1 aromatic carbocycles. The Morgan fingerprint density at radius 1 is 1.29 bits per heavy atom. The lowest BCUT2D eigenvalue weighted by Gasteiger charge is -2.36. The van der Waals surface area contributed by atoms with Crippen LogP contribution in [0.5, 0.6) is 5.75 Å². The maximum absolute atomic E-state index is 12.9. The molecule has 5 amide bonds. The summed E-state index contributed by atoms with van der Waals surface area (Å²) in [5, 5.41) is 5.47. The van der Waals surface area contributed by atoms with Gasteiger partial charge < -0.3 is 21.1 Å². The van der Waals surface area contributed by atoms with Gasteiger partial charge in [0.1, 0.15) is 17.8 Å². The van der Waals surface area contributed by atoms with E-state index < -0.39 is 23.4 Å². The zero-order chi connectivity index (χ0) is 20.3. The molecule has 2 fully saturated rings. The molecule has 2 atom stereocenters. The molecule has 2 aliphatic rings. The number of nitrogens with two attached hydrogens (primary N) is 1. The van der Waals surface area contributed by atoms with E-state index in [0.29, 0.717) is 17.9 Å². The Balaban J connectivity index is 1.59. The molecule has 4 N–H and O–H groups in total. The number of nitrogens with one attached hydrogen (secondary N) is 2. The number of hydrogen-bond donors (Lipinski definition) is 3. The number of primary amides is 1. The molecule has 1 saturated carbocycles. The Morgan fingerprint density at radius 3 is 2.64 bits per heavy atom. The minimum absolute atomic E-state index is 0.0405. The van der Waals surface area contributed by atoms with Crippen LogP contribution in [0.15, 0.2) is 24.3 Å². The summed E-state index contributed by atoms with van der Waals surface area (Å²) in [6.45, 7) is 1.37. The fourth-order valence-electron chi connectivity index (χ4n) is 3.77. The highest BCUT2D eigenvalue weighted by Crippen LogP contribution is 2.38. The molecule has 1 aliphatic carbocycles. The Morgan fingerprint density at radius 2 is 2.00 bits per heavy atom. The van der Waals surface area contributed by atoms with Crippen LogP contribution in [-0.2, 0) is 14.4 Å². The van der Waals surface area contributed by atoms with E-state index in [4.69, 9.17) is 10.5 Å². The fraction of sp³-hybridized carbons (Fsp3) is 0.474. The molecule has 9 nitrogen and oxygen atoms in total. The monoisotopic (exact) mass is 388 g/mol. The van der Waals surface area contributed by atoms with Crippen LogP contribution in [0.25, 0.3) is 0 Å². The van der Waals surface area contributed by atoms with Gasteiger partial charge in [0.2, 0.25) is 5.91 Å². The Bertz CT molecular complexity index is 794. The number of carbonyl (C=O) groups is 4. The molecule has 1 aliphatic heterocycles. The smallest absolute Gasteiger partial charge is 0.325 e. The zero-order valence-electron chi connectivity index (χ0n) is 15.7. The van der Waals surface area contributed by atoms with Gasteiger partial charge in [-0.2, -0.15) is 0 Å². The van der Waals surface area contributed by atoms with Crippen LogP contribution >= 0.6 is 0 Å². The summed E-state index contributed by atoms with van der Waals surface area (Å²) in [6, 6.07) is 5.80. The van der Waals surface area contributed by atoms with E-state index in [2.05, 4.69) is 10.6 Å². The van der Waals surface area contributed by atoms with E-state index >= 15 is 0 Å². The van der Waals surface area contributed by atoms with Crippen LogP contribution in [0, 0.1) is 5.92 Å². The van der Waals surface area contributed by atoms with Gasteiger partial charge in [0.15, 0.2) is 6.61 Å². The van der Waals surface area contributed by atoms with Gasteiger partial charge in [-0.25, -0.2) is 4.79 Å². The minimum atomic E-state index is -0.880. The van der Waals surface area contributed by atoms with E-state index in [1.54, 1.807) is 24.3 Å². The number of anilines is 1. The van der Waals surface area contributed by atoms with Crippen LogP contribution < -0.4 is 21.1 Å². The third-order valence-electron chi connectivity index (χ3n) is 5.32. The standard InChI is InChI=1S/C19H24N4O5/c1-12-4-2-3-9-19(12)17(26)23(18(27)22-19)10-16(25)21-13-5-7-14(8-6-13)28-11-15(20)24/h5-8,12H,2-4,9-11H2,1H3,(H2,20,24)(H,21,25)(H,22,27). The topological polar surface area (TPSA) is 131 Å². The summed E-state index contributed by atoms with van der Waals surface area (Å²) in [6.07, 6.45) is 3.38. The third kappa shape index (κ3) is 3.92. The molecule has 1 spiro atoms. The third-order valence-corrected chi connectivity index (χ3v) is 5.32.